The molecule has 5 rings (SSSR count). The lowest BCUT2D eigenvalue weighted by atomic mass is 9.94. The van der Waals surface area contributed by atoms with Crippen molar-refractivity contribution in [3.05, 3.63) is 95.0 Å². The Morgan fingerprint density at radius 3 is 2.58 bits per heavy atom. The molecule has 1 fully saturated rings. The zero-order chi connectivity index (χ0) is 23.4. The maximum atomic E-state index is 14.7. The van der Waals surface area contributed by atoms with E-state index in [-0.39, 0.29) is 29.4 Å². The number of rotatable bonds is 4. The molecule has 0 radical (unpaired) electrons. The molecule has 0 atom stereocenters. The molecule has 1 aliphatic rings. The SMILES string of the molecule is Cc1c(Cc2ccc(I)cc2F)c2c(=O)n(C3CC3)c(C)c(-c3cccc(N)c3)c2oc1=O. The van der Waals surface area contributed by atoms with Crippen molar-refractivity contribution < 1.29 is 8.81 Å². The van der Waals surface area contributed by atoms with Crippen LogP contribution >= 0.6 is 22.6 Å². The molecule has 0 amide bonds. The lowest BCUT2D eigenvalue weighted by molar-refractivity contribution is 0.549. The van der Waals surface area contributed by atoms with E-state index in [9.17, 15) is 14.0 Å². The topological polar surface area (TPSA) is 78.2 Å². The quantitative estimate of drug-likeness (QED) is 0.267. The van der Waals surface area contributed by atoms with E-state index < -0.39 is 5.63 Å². The highest BCUT2D eigenvalue weighted by Gasteiger charge is 2.31. The molecule has 2 aromatic carbocycles. The summed E-state index contributed by atoms with van der Waals surface area (Å²) in [5.74, 6) is -0.367. The van der Waals surface area contributed by atoms with E-state index in [1.807, 2.05) is 31.2 Å². The second kappa shape index (κ2) is 8.13. The lowest BCUT2D eigenvalue weighted by Gasteiger charge is -2.19. The van der Waals surface area contributed by atoms with E-state index in [2.05, 4.69) is 22.6 Å². The summed E-state index contributed by atoms with van der Waals surface area (Å²) >= 11 is 2.05. The molecular formula is C26H22FIN2O3. The standard InChI is InChI=1S/C26H22FIN2O3/c1-13-20(11-15-6-7-17(28)12-21(15)27)23-24(33-26(13)32)22(16-4-3-5-18(29)10-16)14(2)30(25(23)31)19-8-9-19/h3-7,10,12,19H,8-9,11,29H2,1-2H3. The summed E-state index contributed by atoms with van der Waals surface area (Å²) < 4.78 is 23.1. The van der Waals surface area contributed by atoms with Gasteiger partial charge in [0.05, 0.1) is 5.39 Å². The summed E-state index contributed by atoms with van der Waals surface area (Å²) in [6.45, 7) is 3.50. The Labute approximate surface area is 203 Å². The maximum Gasteiger partial charge on any atom is 0.339 e. The van der Waals surface area contributed by atoms with Crippen LogP contribution in [-0.2, 0) is 6.42 Å². The van der Waals surface area contributed by atoms with Gasteiger partial charge in [0.1, 0.15) is 5.82 Å². The number of benzene rings is 2. The number of fused-ring (bicyclic) bond motifs is 1. The van der Waals surface area contributed by atoms with Gasteiger partial charge < -0.3 is 14.7 Å². The molecular weight excluding hydrogens is 534 g/mol. The number of pyridine rings is 1. The molecule has 0 bridgehead atoms. The highest BCUT2D eigenvalue weighted by molar-refractivity contribution is 14.1. The second-order valence-corrected chi connectivity index (χ2v) is 9.85. The lowest BCUT2D eigenvalue weighted by Crippen LogP contribution is -2.25. The number of aromatic nitrogens is 1. The van der Waals surface area contributed by atoms with Gasteiger partial charge in [0.25, 0.3) is 5.56 Å². The number of nitrogens with two attached hydrogens (primary N) is 1. The van der Waals surface area contributed by atoms with Crippen LogP contribution in [0.25, 0.3) is 22.1 Å². The Balaban J connectivity index is 1.89. The molecule has 33 heavy (non-hydrogen) atoms. The maximum absolute atomic E-state index is 14.7. The van der Waals surface area contributed by atoms with Gasteiger partial charge in [-0.25, -0.2) is 9.18 Å². The molecule has 0 unspecified atom stereocenters. The van der Waals surface area contributed by atoms with Gasteiger partial charge in [-0.15, -0.1) is 0 Å². The zero-order valence-corrected chi connectivity index (χ0v) is 20.4. The average Bonchev–Trinajstić information content (AvgIpc) is 3.58. The summed E-state index contributed by atoms with van der Waals surface area (Å²) in [6.07, 6.45) is 1.95. The molecule has 2 N–H and O–H groups in total. The predicted molar refractivity (Wildman–Crippen MR) is 136 cm³/mol. The van der Waals surface area contributed by atoms with Crippen LogP contribution in [0, 0.1) is 23.2 Å². The third-order valence-corrected chi connectivity index (χ3v) is 7.01. The van der Waals surface area contributed by atoms with E-state index in [0.717, 1.165) is 27.7 Å². The minimum absolute atomic E-state index is 0.108. The van der Waals surface area contributed by atoms with Crippen LogP contribution in [0.3, 0.4) is 0 Å². The van der Waals surface area contributed by atoms with Crippen LogP contribution in [0.4, 0.5) is 10.1 Å². The molecule has 1 aliphatic carbocycles. The Hall–Kier alpha value is -2.94. The van der Waals surface area contributed by atoms with Crippen LogP contribution in [0.5, 0.6) is 0 Å². The molecule has 2 aromatic heterocycles. The third-order valence-electron chi connectivity index (χ3n) is 6.33. The van der Waals surface area contributed by atoms with Crippen molar-refractivity contribution in [1.29, 1.82) is 0 Å². The summed E-state index contributed by atoms with van der Waals surface area (Å²) in [7, 11) is 0. The molecule has 0 saturated heterocycles. The Bertz CT molecular complexity index is 1550. The minimum Gasteiger partial charge on any atom is -0.422 e. The minimum atomic E-state index is -0.531. The smallest absolute Gasteiger partial charge is 0.339 e. The van der Waals surface area contributed by atoms with Gasteiger partial charge in [-0.2, -0.15) is 0 Å². The Morgan fingerprint density at radius 1 is 1.15 bits per heavy atom. The fourth-order valence-electron chi connectivity index (χ4n) is 4.51. The molecule has 5 nitrogen and oxygen atoms in total. The molecule has 4 aromatic rings. The fraction of sp³-hybridized carbons (Fsp3) is 0.231. The van der Waals surface area contributed by atoms with E-state index in [1.165, 1.54) is 6.07 Å². The predicted octanol–water partition coefficient (Wildman–Crippen LogP) is 5.49. The van der Waals surface area contributed by atoms with Crippen molar-refractivity contribution >= 4 is 39.2 Å². The van der Waals surface area contributed by atoms with Crippen molar-refractivity contribution in [2.24, 2.45) is 0 Å². The molecule has 168 valence electrons. The van der Waals surface area contributed by atoms with Crippen molar-refractivity contribution in [1.82, 2.24) is 4.57 Å². The first kappa shape index (κ1) is 21.9. The number of anilines is 1. The molecule has 2 heterocycles. The van der Waals surface area contributed by atoms with Crippen molar-refractivity contribution in [3.63, 3.8) is 0 Å². The fourth-order valence-corrected chi connectivity index (χ4v) is 4.96. The van der Waals surface area contributed by atoms with Gasteiger partial charge in [0, 0.05) is 38.5 Å². The highest BCUT2D eigenvalue weighted by atomic mass is 127. The highest BCUT2D eigenvalue weighted by Crippen LogP contribution is 2.40. The number of hydrogen-bond acceptors (Lipinski definition) is 4. The van der Waals surface area contributed by atoms with E-state index in [0.29, 0.717) is 33.3 Å². The van der Waals surface area contributed by atoms with E-state index in [4.69, 9.17) is 10.2 Å². The van der Waals surface area contributed by atoms with Crippen molar-refractivity contribution in [2.45, 2.75) is 39.2 Å². The van der Waals surface area contributed by atoms with Crippen LogP contribution in [0.1, 0.15) is 41.3 Å². The number of nitrogens with zero attached hydrogens (tertiary/aromatic N) is 1. The first-order valence-electron chi connectivity index (χ1n) is 10.8. The largest absolute Gasteiger partial charge is 0.422 e. The van der Waals surface area contributed by atoms with E-state index >= 15 is 0 Å². The summed E-state index contributed by atoms with van der Waals surface area (Å²) in [5.41, 5.74) is 9.54. The van der Waals surface area contributed by atoms with Gasteiger partial charge >= 0.3 is 5.63 Å². The first-order valence-corrected chi connectivity index (χ1v) is 11.9. The van der Waals surface area contributed by atoms with Crippen molar-refractivity contribution in [2.75, 3.05) is 5.73 Å². The molecule has 0 aliphatic heterocycles. The van der Waals surface area contributed by atoms with Gasteiger partial charge in [0.15, 0.2) is 5.58 Å². The molecule has 1 saturated carbocycles. The number of nitrogen functional groups attached to an aromatic ring is 1. The van der Waals surface area contributed by atoms with Gasteiger partial charge in [-0.3, -0.25) is 4.79 Å². The monoisotopic (exact) mass is 556 g/mol. The average molecular weight is 556 g/mol. The molecule has 7 heteroatoms. The normalized spacial score (nSPS) is 13.6. The zero-order valence-electron chi connectivity index (χ0n) is 18.2. The Morgan fingerprint density at radius 2 is 1.91 bits per heavy atom. The van der Waals surface area contributed by atoms with Gasteiger partial charge in [0.2, 0.25) is 0 Å². The second-order valence-electron chi connectivity index (χ2n) is 8.60. The van der Waals surface area contributed by atoms with Crippen LogP contribution in [0.15, 0.2) is 56.5 Å². The van der Waals surface area contributed by atoms with Crippen LogP contribution in [0.2, 0.25) is 0 Å². The van der Waals surface area contributed by atoms with E-state index in [1.54, 1.807) is 23.6 Å². The number of hydrogen-bond donors (Lipinski definition) is 1. The van der Waals surface area contributed by atoms with Crippen molar-refractivity contribution in [3.8, 4) is 11.1 Å². The summed E-state index contributed by atoms with van der Waals surface area (Å²) in [5, 5.41) is 0.333. The third kappa shape index (κ3) is 3.78. The Kier molecular flexibility index (Phi) is 5.39. The van der Waals surface area contributed by atoms with Crippen LogP contribution in [-0.4, -0.2) is 4.57 Å². The van der Waals surface area contributed by atoms with Crippen LogP contribution < -0.4 is 16.9 Å². The molecule has 0 spiro atoms. The number of halogens is 2. The van der Waals surface area contributed by atoms with Gasteiger partial charge in [-0.05, 0) is 90.2 Å². The summed E-state index contributed by atoms with van der Waals surface area (Å²) in [4.78, 5) is 26.7. The van der Waals surface area contributed by atoms with Gasteiger partial charge in [-0.1, -0.05) is 18.2 Å². The summed E-state index contributed by atoms with van der Waals surface area (Å²) in [6, 6.07) is 12.4. The first-order chi connectivity index (χ1) is 15.8.